The molecule has 126 valence electrons. The first-order valence-corrected chi connectivity index (χ1v) is 8.46. The molecule has 24 heavy (non-hydrogen) atoms. The summed E-state index contributed by atoms with van der Waals surface area (Å²) in [6, 6.07) is 11.9. The molecular formula is C17H16Cl2N2O2S. The van der Waals surface area contributed by atoms with Crippen molar-refractivity contribution >= 4 is 57.9 Å². The zero-order valence-electron chi connectivity index (χ0n) is 12.9. The second-order valence-corrected chi connectivity index (χ2v) is 6.17. The molecule has 7 heteroatoms. The molecular weight excluding hydrogens is 367 g/mol. The molecule has 0 radical (unpaired) electrons. The Morgan fingerprint density at radius 3 is 2.46 bits per heavy atom. The Hall–Kier alpha value is -1.82. The minimum Gasteiger partial charge on any atom is -0.462 e. The van der Waals surface area contributed by atoms with Gasteiger partial charge in [-0.05, 0) is 61.1 Å². The van der Waals surface area contributed by atoms with Gasteiger partial charge in [0.05, 0.1) is 22.9 Å². The van der Waals surface area contributed by atoms with E-state index in [0.717, 1.165) is 12.1 Å². The summed E-state index contributed by atoms with van der Waals surface area (Å²) in [4.78, 5) is 11.7. The van der Waals surface area contributed by atoms with Crippen molar-refractivity contribution in [2.75, 3.05) is 17.2 Å². The van der Waals surface area contributed by atoms with Gasteiger partial charge in [0.2, 0.25) is 0 Å². The van der Waals surface area contributed by atoms with Crippen LogP contribution in [0.1, 0.15) is 23.7 Å². The van der Waals surface area contributed by atoms with E-state index in [1.165, 1.54) is 0 Å². The number of carbonyl (C=O) groups is 1. The summed E-state index contributed by atoms with van der Waals surface area (Å²) in [6.45, 7) is 2.36. The van der Waals surface area contributed by atoms with Crippen LogP contribution in [0.3, 0.4) is 0 Å². The smallest absolute Gasteiger partial charge is 0.338 e. The van der Waals surface area contributed by atoms with Crippen LogP contribution in [0.5, 0.6) is 0 Å². The molecule has 2 aromatic carbocycles. The van der Waals surface area contributed by atoms with Crippen LogP contribution < -0.4 is 10.6 Å². The SMILES string of the molecule is CCCOC(=O)c1ccc(NC(=S)Nc2ccc(Cl)cc2Cl)cc1. The summed E-state index contributed by atoms with van der Waals surface area (Å²) in [6.07, 6.45) is 0.790. The highest BCUT2D eigenvalue weighted by molar-refractivity contribution is 7.80. The van der Waals surface area contributed by atoms with E-state index in [9.17, 15) is 4.79 Å². The molecule has 0 aliphatic rings. The van der Waals surface area contributed by atoms with Gasteiger partial charge in [-0.15, -0.1) is 0 Å². The minimum atomic E-state index is -0.336. The van der Waals surface area contributed by atoms with Gasteiger partial charge in [-0.2, -0.15) is 0 Å². The molecule has 0 aliphatic carbocycles. The van der Waals surface area contributed by atoms with Crippen molar-refractivity contribution in [3.05, 3.63) is 58.1 Å². The lowest BCUT2D eigenvalue weighted by molar-refractivity contribution is 0.0505. The second kappa shape index (κ2) is 8.87. The first kappa shape index (κ1) is 18.5. The molecule has 0 bridgehead atoms. The van der Waals surface area contributed by atoms with Crippen molar-refractivity contribution < 1.29 is 9.53 Å². The molecule has 2 aromatic rings. The standard InChI is InChI=1S/C17H16Cl2N2O2S/c1-2-9-23-16(22)11-3-6-13(7-4-11)20-17(24)21-15-8-5-12(18)10-14(15)19/h3-8,10H,2,9H2,1H3,(H2,20,21,24). The van der Waals surface area contributed by atoms with Crippen molar-refractivity contribution in [3.63, 3.8) is 0 Å². The second-order valence-electron chi connectivity index (χ2n) is 4.92. The van der Waals surface area contributed by atoms with Crippen molar-refractivity contribution in [1.82, 2.24) is 0 Å². The van der Waals surface area contributed by atoms with Crippen LogP contribution in [0.15, 0.2) is 42.5 Å². The Labute approximate surface area is 156 Å². The number of rotatable bonds is 5. The molecule has 0 atom stereocenters. The summed E-state index contributed by atoms with van der Waals surface area (Å²) >= 11 is 17.2. The Balaban J connectivity index is 1.95. The number of ether oxygens (including phenoxy) is 1. The van der Waals surface area contributed by atoms with E-state index in [0.29, 0.717) is 33.0 Å². The van der Waals surface area contributed by atoms with Crippen molar-refractivity contribution in [2.45, 2.75) is 13.3 Å². The van der Waals surface area contributed by atoms with E-state index in [2.05, 4.69) is 10.6 Å². The number of anilines is 2. The van der Waals surface area contributed by atoms with E-state index in [4.69, 9.17) is 40.2 Å². The molecule has 0 spiro atoms. The van der Waals surface area contributed by atoms with Gasteiger partial charge in [-0.25, -0.2) is 4.79 Å². The predicted molar refractivity (Wildman–Crippen MR) is 103 cm³/mol. The maximum atomic E-state index is 11.7. The quantitative estimate of drug-likeness (QED) is 0.537. The Kier molecular flexibility index (Phi) is 6.85. The number of thiocarbonyl (C=S) groups is 1. The van der Waals surface area contributed by atoms with Crippen molar-refractivity contribution in [2.24, 2.45) is 0 Å². The Bertz CT molecular complexity index is 736. The van der Waals surface area contributed by atoms with Gasteiger partial charge in [0.1, 0.15) is 0 Å². The van der Waals surface area contributed by atoms with Gasteiger partial charge in [0, 0.05) is 10.7 Å². The molecule has 0 fully saturated rings. The average molecular weight is 383 g/mol. The lowest BCUT2D eigenvalue weighted by atomic mass is 10.2. The highest BCUT2D eigenvalue weighted by atomic mass is 35.5. The fraction of sp³-hybridized carbons (Fsp3) is 0.176. The van der Waals surface area contributed by atoms with Gasteiger partial charge in [0.15, 0.2) is 5.11 Å². The third-order valence-electron chi connectivity index (χ3n) is 3.00. The van der Waals surface area contributed by atoms with E-state index in [-0.39, 0.29) is 5.97 Å². The Morgan fingerprint density at radius 1 is 1.12 bits per heavy atom. The first-order valence-electron chi connectivity index (χ1n) is 7.30. The zero-order chi connectivity index (χ0) is 17.5. The van der Waals surface area contributed by atoms with Crippen LogP contribution in [-0.2, 0) is 4.74 Å². The highest BCUT2D eigenvalue weighted by Gasteiger charge is 2.07. The van der Waals surface area contributed by atoms with Crippen LogP contribution in [0.4, 0.5) is 11.4 Å². The lowest BCUT2D eigenvalue weighted by Crippen LogP contribution is -2.19. The topological polar surface area (TPSA) is 50.4 Å². The summed E-state index contributed by atoms with van der Waals surface area (Å²) in [5.41, 5.74) is 1.89. The van der Waals surface area contributed by atoms with Crippen LogP contribution >= 0.6 is 35.4 Å². The molecule has 0 aromatic heterocycles. The minimum absolute atomic E-state index is 0.336. The third kappa shape index (κ3) is 5.37. The maximum Gasteiger partial charge on any atom is 0.338 e. The molecule has 2 rings (SSSR count). The highest BCUT2D eigenvalue weighted by Crippen LogP contribution is 2.25. The van der Waals surface area contributed by atoms with Gasteiger partial charge in [0.25, 0.3) is 0 Å². The van der Waals surface area contributed by atoms with Gasteiger partial charge in [-0.3, -0.25) is 0 Å². The summed E-state index contributed by atoms with van der Waals surface area (Å²) in [5.74, 6) is -0.336. The predicted octanol–water partition coefficient (Wildman–Crippen LogP) is 5.37. The monoisotopic (exact) mass is 382 g/mol. The molecule has 0 saturated carbocycles. The number of hydrogen-bond donors (Lipinski definition) is 2. The molecule has 0 aliphatic heterocycles. The fourth-order valence-electron chi connectivity index (χ4n) is 1.84. The number of carbonyl (C=O) groups excluding carboxylic acids is 1. The zero-order valence-corrected chi connectivity index (χ0v) is 15.3. The normalized spacial score (nSPS) is 10.1. The summed E-state index contributed by atoms with van der Waals surface area (Å²) in [7, 11) is 0. The average Bonchev–Trinajstić information content (AvgIpc) is 2.56. The molecule has 2 N–H and O–H groups in total. The maximum absolute atomic E-state index is 11.7. The van der Waals surface area contributed by atoms with Gasteiger partial charge < -0.3 is 15.4 Å². The number of halogens is 2. The molecule has 0 amide bonds. The van der Waals surface area contributed by atoms with Crippen LogP contribution in [-0.4, -0.2) is 17.7 Å². The first-order chi connectivity index (χ1) is 11.5. The molecule has 0 saturated heterocycles. The Morgan fingerprint density at radius 2 is 1.83 bits per heavy atom. The fourth-order valence-corrected chi connectivity index (χ4v) is 2.53. The van der Waals surface area contributed by atoms with Gasteiger partial charge in [-0.1, -0.05) is 30.1 Å². The molecule has 0 unspecified atom stereocenters. The number of benzene rings is 2. The van der Waals surface area contributed by atoms with Gasteiger partial charge >= 0.3 is 5.97 Å². The lowest BCUT2D eigenvalue weighted by Gasteiger charge is -2.12. The van der Waals surface area contributed by atoms with E-state index >= 15 is 0 Å². The van der Waals surface area contributed by atoms with Crippen molar-refractivity contribution in [1.29, 1.82) is 0 Å². The van der Waals surface area contributed by atoms with Crippen LogP contribution in [0, 0.1) is 0 Å². The van der Waals surface area contributed by atoms with Crippen molar-refractivity contribution in [3.8, 4) is 0 Å². The summed E-state index contributed by atoms with van der Waals surface area (Å²) in [5, 5.41) is 7.41. The van der Waals surface area contributed by atoms with E-state index < -0.39 is 0 Å². The van der Waals surface area contributed by atoms with E-state index in [1.54, 1.807) is 42.5 Å². The molecule has 0 heterocycles. The van der Waals surface area contributed by atoms with E-state index in [1.807, 2.05) is 6.92 Å². The summed E-state index contributed by atoms with van der Waals surface area (Å²) < 4.78 is 5.08. The van der Waals surface area contributed by atoms with Crippen LogP contribution in [0.25, 0.3) is 0 Å². The largest absolute Gasteiger partial charge is 0.462 e. The molecule has 4 nitrogen and oxygen atoms in total. The number of hydrogen-bond acceptors (Lipinski definition) is 3. The third-order valence-corrected chi connectivity index (χ3v) is 3.75. The van der Waals surface area contributed by atoms with Crippen LogP contribution in [0.2, 0.25) is 10.0 Å². The number of esters is 1. The number of nitrogens with one attached hydrogen (secondary N) is 2.